The quantitative estimate of drug-likeness (QED) is 0.405. The average molecular weight is 390 g/mol. The van der Waals surface area contributed by atoms with Crippen LogP contribution in [-0.4, -0.2) is 38.2 Å². The summed E-state index contributed by atoms with van der Waals surface area (Å²) in [4.78, 5) is 16.1. The van der Waals surface area contributed by atoms with E-state index in [-0.39, 0.29) is 11.4 Å². The zero-order valence-corrected chi connectivity index (χ0v) is 15.9. The molecule has 0 aliphatic carbocycles. The molecule has 4 rings (SSSR count). The minimum atomic E-state index is -0.388. The van der Waals surface area contributed by atoms with E-state index in [4.69, 9.17) is 18.9 Å². The van der Waals surface area contributed by atoms with Gasteiger partial charge in [0, 0.05) is 22.7 Å². The molecule has 29 heavy (non-hydrogen) atoms. The van der Waals surface area contributed by atoms with Crippen LogP contribution in [-0.2, 0) is 0 Å². The molecule has 7 heteroatoms. The number of nitrogens with zero attached hydrogens (tertiary/aromatic N) is 1. The largest absolute Gasteiger partial charge is 0.497 e. The number of carbonyl (C=O) groups is 1. The molecule has 1 N–H and O–H groups in total. The van der Waals surface area contributed by atoms with Gasteiger partial charge in [-0.25, -0.2) is 0 Å². The third-order valence-electron chi connectivity index (χ3n) is 4.66. The number of ether oxygens (including phenoxy) is 4. The number of ketones is 1. The Morgan fingerprint density at radius 2 is 2.00 bits per heavy atom. The number of hydrogen-bond acceptors (Lipinski definition) is 6. The minimum absolute atomic E-state index is 0.00699. The molecule has 0 atom stereocenters. The molecule has 3 aromatic rings. The number of aromatic amines is 1. The van der Waals surface area contributed by atoms with Crippen molar-refractivity contribution >= 4 is 22.8 Å². The van der Waals surface area contributed by atoms with Gasteiger partial charge >= 0.3 is 0 Å². The lowest BCUT2D eigenvalue weighted by atomic mass is 10.0. The van der Waals surface area contributed by atoms with Gasteiger partial charge in [0.25, 0.3) is 0 Å². The van der Waals surface area contributed by atoms with Crippen molar-refractivity contribution in [2.24, 2.45) is 0 Å². The highest BCUT2D eigenvalue weighted by atomic mass is 16.6. The first-order valence-electron chi connectivity index (χ1n) is 8.94. The van der Waals surface area contributed by atoms with Crippen LogP contribution in [0.4, 0.5) is 0 Å². The smallest absolute Gasteiger partial charge is 0.205 e. The van der Waals surface area contributed by atoms with Crippen LogP contribution in [0, 0.1) is 11.3 Å². The zero-order valence-electron chi connectivity index (χ0n) is 15.9. The van der Waals surface area contributed by atoms with Crippen LogP contribution in [0.3, 0.4) is 0 Å². The van der Waals surface area contributed by atoms with Crippen molar-refractivity contribution in [1.29, 1.82) is 5.26 Å². The number of rotatable bonds is 5. The van der Waals surface area contributed by atoms with Crippen LogP contribution in [0.1, 0.15) is 15.9 Å². The summed E-state index contributed by atoms with van der Waals surface area (Å²) >= 11 is 0. The number of allylic oxidation sites excluding steroid dienone is 1. The highest BCUT2D eigenvalue weighted by Gasteiger charge is 2.20. The van der Waals surface area contributed by atoms with Crippen molar-refractivity contribution in [2.45, 2.75) is 0 Å². The number of Topliss-reactive ketones (excluding diaryl/α,β-unsaturated/α-hetero) is 1. The maximum absolute atomic E-state index is 13.1. The lowest BCUT2D eigenvalue weighted by molar-refractivity contribution is 0.104. The molecule has 146 valence electrons. The molecule has 7 nitrogen and oxygen atoms in total. The summed E-state index contributed by atoms with van der Waals surface area (Å²) in [6, 6.07) is 10.8. The number of fused-ring (bicyclic) bond motifs is 2. The number of benzene rings is 2. The number of carbonyl (C=O) groups excluding carboxylic acids is 1. The Bertz CT molecular complexity index is 1150. The molecule has 0 saturated heterocycles. The standard InChI is InChI=1S/C22H18N2O5/c1-26-15-3-4-18-16(10-15)17(12-24-18)21(25)14(11-23)7-13-8-19(27-2)22-20(9-13)28-5-6-29-22/h3-4,7-10,12,24H,5-6H2,1-2H3/b14-7-. The summed E-state index contributed by atoms with van der Waals surface area (Å²) < 4.78 is 21.8. The van der Waals surface area contributed by atoms with E-state index in [9.17, 15) is 10.1 Å². The highest BCUT2D eigenvalue weighted by Crippen LogP contribution is 2.41. The fourth-order valence-corrected chi connectivity index (χ4v) is 3.25. The average Bonchev–Trinajstić information content (AvgIpc) is 3.19. The van der Waals surface area contributed by atoms with Gasteiger partial charge in [0.05, 0.1) is 14.2 Å². The van der Waals surface area contributed by atoms with Crippen LogP contribution >= 0.6 is 0 Å². The molecule has 0 bridgehead atoms. The monoisotopic (exact) mass is 390 g/mol. The van der Waals surface area contributed by atoms with Gasteiger partial charge in [-0.1, -0.05) is 0 Å². The number of aromatic nitrogens is 1. The molecule has 2 heterocycles. The molecular formula is C22H18N2O5. The van der Waals surface area contributed by atoms with Gasteiger partial charge in [0.2, 0.25) is 11.5 Å². The molecule has 2 aromatic carbocycles. The molecular weight excluding hydrogens is 372 g/mol. The van der Waals surface area contributed by atoms with E-state index in [0.29, 0.717) is 52.7 Å². The van der Waals surface area contributed by atoms with Gasteiger partial charge in [-0.05, 0) is 42.0 Å². The molecule has 1 aliphatic rings. The maximum Gasteiger partial charge on any atom is 0.205 e. The summed E-state index contributed by atoms with van der Waals surface area (Å²) in [7, 11) is 3.09. The molecule has 0 amide bonds. The second kappa shape index (κ2) is 7.60. The van der Waals surface area contributed by atoms with Crippen LogP contribution in [0.5, 0.6) is 23.0 Å². The van der Waals surface area contributed by atoms with Crippen molar-refractivity contribution in [2.75, 3.05) is 27.4 Å². The van der Waals surface area contributed by atoms with E-state index < -0.39 is 0 Å². The fourth-order valence-electron chi connectivity index (χ4n) is 3.25. The van der Waals surface area contributed by atoms with Crippen molar-refractivity contribution in [3.05, 3.63) is 53.2 Å². The lowest BCUT2D eigenvalue weighted by Crippen LogP contribution is -2.16. The zero-order chi connectivity index (χ0) is 20.4. The van der Waals surface area contributed by atoms with Crippen LogP contribution < -0.4 is 18.9 Å². The Morgan fingerprint density at radius 1 is 1.17 bits per heavy atom. The normalized spacial score (nSPS) is 13.1. The molecule has 1 aliphatic heterocycles. The summed E-state index contributed by atoms with van der Waals surface area (Å²) in [5, 5.41) is 10.3. The van der Waals surface area contributed by atoms with Gasteiger partial charge in [0.15, 0.2) is 11.5 Å². The van der Waals surface area contributed by atoms with E-state index in [1.54, 1.807) is 37.6 Å². The Balaban J connectivity index is 1.75. The second-order valence-electron chi connectivity index (χ2n) is 6.36. The fraction of sp³-hybridized carbons (Fsp3) is 0.182. The number of hydrogen-bond donors (Lipinski definition) is 1. The molecule has 1 aromatic heterocycles. The van der Waals surface area contributed by atoms with Gasteiger partial charge in [0.1, 0.15) is 30.6 Å². The first-order chi connectivity index (χ1) is 14.1. The Morgan fingerprint density at radius 3 is 2.76 bits per heavy atom. The number of nitrogens with one attached hydrogen (secondary N) is 1. The van der Waals surface area contributed by atoms with E-state index in [1.165, 1.54) is 13.2 Å². The molecule has 0 radical (unpaired) electrons. The van der Waals surface area contributed by atoms with Crippen LogP contribution in [0.2, 0.25) is 0 Å². The molecule has 0 unspecified atom stereocenters. The summed E-state index contributed by atoms with van der Waals surface area (Å²) in [6.07, 6.45) is 3.12. The SMILES string of the molecule is COc1ccc2[nH]cc(C(=O)/C(C#N)=C\c3cc(OC)c4c(c3)OCCO4)c2c1. The topological polar surface area (TPSA) is 93.6 Å². The van der Waals surface area contributed by atoms with E-state index in [2.05, 4.69) is 4.98 Å². The van der Waals surface area contributed by atoms with Crippen molar-refractivity contribution in [3.63, 3.8) is 0 Å². The van der Waals surface area contributed by atoms with Crippen molar-refractivity contribution in [3.8, 4) is 29.1 Å². The highest BCUT2D eigenvalue weighted by molar-refractivity contribution is 6.20. The summed E-state index contributed by atoms with van der Waals surface area (Å²) in [5.41, 5.74) is 1.78. The lowest BCUT2D eigenvalue weighted by Gasteiger charge is -2.21. The van der Waals surface area contributed by atoms with E-state index in [0.717, 1.165) is 5.52 Å². The predicted octanol–water partition coefficient (Wildman–Crippen LogP) is 3.75. The number of H-pyrrole nitrogens is 1. The van der Waals surface area contributed by atoms with Crippen LogP contribution in [0.15, 0.2) is 42.1 Å². The predicted molar refractivity (Wildman–Crippen MR) is 107 cm³/mol. The van der Waals surface area contributed by atoms with Gasteiger partial charge in [-0.15, -0.1) is 0 Å². The molecule has 0 saturated carbocycles. The van der Waals surface area contributed by atoms with Crippen LogP contribution in [0.25, 0.3) is 17.0 Å². The molecule has 0 fully saturated rings. The third kappa shape index (κ3) is 3.36. The number of nitriles is 1. The van der Waals surface area contributed by atoms with Gasteiger partial charge in [-0.2, -0.15) is 5.26 Å². The Hall–Kier alpha value is -3.92. The number of methoxy groups -OCH3 is 2. The van der Waals surface area contributed by atoms with E-state index in [1.807, 2.05) is 12.1 Å². The first-order valence-corrected chi connectivity index (χ1v) is 8.94. The van der Waals surface area contributed by atoms with Gasteiger partial charge in [-0.3, -0.25) is 4.79 Å². The van der Waals surface area contributed by atoms with Crippen molar-refractivity contribution < 1.29 is 23.7 Å². The minimum Gasteiger partial charge on any atom is -0.497 e. The second-order valence-corrected chi connectivity index (χ2v) is 6.36. The summed E-state index contributed by atoms with van der Waals surface area (Å²) in [5.74, 6) is 1.76. The maximum atomic E-state index is 13.1. The third-order valence-corrected chi connectivity index (χ3v) is 4.66. The van der Waals surface area contributed by atoms with Gasteiger partial charge < -0.3 is 23.9 Å². The summed E-state index contributed by atoms with van der Waals surface area (Å²) in [6.45, 7) is 0.856. The Labute approximate surface area is 167 Å². The molecule has 0 spiro atoms. The van der Waals surface area contributed by atoms with Crippen molar-refractivity contribution in [1.82, 2.24) is 4.98 Å². The Kier molecular flexibility index (Phi) is 4.83. The van der Waals surface area contributed by atoms with E-state index >= 15 is 0 Å². The first kappa shape index (κ1) is 18.4.